The first-order valence-electron chi connectivity index (χ1n) is 6.04. The monoisotopic (exact) mass is 245 g/mol. The number of allylic oxidation sites excluding steroid dienone is 1. The first kappa shape index (κ1) is 12.5. The molecule has 1 aromatic heterocycles. The zero-order valence-electron chi connectivity index (χ0n) is 10.5. The van der Waals surface area contributed by atoms with E-state index >= 15 is 0 Å². The minimum atomic E-state index is -0.221. The second-order valence-electron chi connectivity index (χ2n) is 4.10. The van der Waals surface area contributed by atoms with Crippen molar-refractivity contribution in [3.05, 3.63) is 53.6 Å². The van der Waals surface area contributed by atoms with E-state index in [-0.39, 0.29) is 11.9 Å². The molecule has 0 spiro atoms. The van der Waals surface area contributed by atoms with E-state index in [4.69, 9.17) is 0 Å². The summed E-state index contributed by atoms with van der Waals surface area (Å²) >= 11 is 0. The van der Waals surface area contributed by atoms with Crippen LogP contribution in [0.1, 0.15) is 37.6 Å². The van der Waals surface area contributed by atoms with Gasteiger partial charge >= 0.3 is 0 Å². The average Bonchev–Trinajstić information content (AvgIpc) is 2.82. The van der Waals surface area contributed by atoms with E-state index in [1.807, 2.05) is 30.0 Å². The fraction of sp³-hybridized carbons (Fsp3) is 0.286. The van der Waals surface area contributed by atoms with Gasteiger partial charge in [-0.2, -0.15) is 0 Å². The van der Waals surface area contributed by atoms with Crippen LogP contribution in [-0.2, 0) is 0 Å². The molecular formula is C14H16FN3. The normalized spacial score (nSPS) is 13.1. The minimum absolute atomic E-state index is 0.0945. The molecule has 1 heterocycles. The lowest BCUT2D eigenvalue weighted by Crippen LogP contribution is -2.10. The Morgan fingerprint density at radius 2 is 2.06 bits per heavy atom. The fourth-order valence-electron chi connectivity index (χ4n) is 1.95. The molecule has 1 aromatic carbocycles. The molecule has 0 bridgehead atoms. The third-order valence-corrected chi connectivity index (χ3v) is 2.83. The predicted molar refractivity (Wildman–Crippen MR) is 69.6 cm³/mol. The lowest BCUT2D eigenvalue weighted by atomic mass is 10.0. The number of aromatic nitrogens is 3. The van der Waals surface area contributed by atoms with Crippen LogP contribution in [-0.4, -0.2) is 15.0 Å². The van der Waals surface area contributed by atoms with E-state index in [0.717, 1.165) is 17.7 Å². The van der Waals surface area contributed by atoms with Crippen LogP contribution in [0.2, 0.25) is 0 Å². The smallest absolute Gasteiger partial charge is 0.123 e. The van der Waals surface area contributed by atoms with Crippen molar-refractivity contribution >= 4 is 6.08 Å². The summed E-state index contributed by atoms with van der Waals surface area (Å²) in [5.74, 6) is -0.221. The molecule has 0 N–H and O–H groups in total. The highest BCUT2D eigenvalue weighted by atomic mass is 19.1. The van der Waals surface area contributed by atoms with Gasteiger partial charge in [-0.25, -0.2) is 9.07 Å². The van der Waals surface area contributed by atoms with E-state index in [0.29, 0.717) is 0 Å². The van der Waals surface area contributed by atoms with Crippen molar-refractivity contribution < 1.29 is 4.39 Å². The van der Waals surface area contributed by atoms with Crippen molar-refractivity contribution in [1.29, 1.82) is 0 Å². The molecular weight excluding hydrogens is 229 g/mol. The van der Waals surface area contributed by atoms with E-state index in [2.05, 4.69) is 17.2 Å². The molecule has 3 nitrogen and oxygen atoms in total. The topological polar surface area (TPSA) is 30.7 Å². The number of rotatable bonds is 4. The maximum atomic E-state index is 12.9. The van der Waals surface area contributed by atoms with E-state index in [9.17, 15) is 4.39 Å². The summed E-state index contributed by atoms with van der Waals surface area (Å²) in [6.45, 7) is 4.02. The molecule has 0 saturated carbocycles. The highest BCUT2D eigenvalue weighted by molar-refractivity contribution is 5.41. The van der Waals surface area contributed by atoms with Crippen LogP contribution in [0, 0.1) is 5.82 Å². The van der Waals surface area contributed by atoms with E-state index in [1.165, 1.54) is 12.1 Å². The number of nitrogens with zero attached hydrogens (tertiary/aromatic N) is 3. The predicted octanol–water partition coefficient (Wildman–Crippen LogP) is 3.45. The Morgan fingerprint density at radius 3 is 2.67 bits per heavy atom. The largest absolute Gasteiger partial charge is 0.244 e. The molecule has 0 radical (unpaired) electrons. The van der Waals surface area contributed by atoms with Gasteiger partial charge in [0, 0.05) is 0 Å². The Labute approximate surface area is 106 Å². The van der Waals surface area contributed by atoms with Crippen LogP contribution in [0.3, 0.4) is 0 Å². The minimum Gasteiger partial charge on any atom is -0.244 e. The molecule has 2 aromatic rings. The summed E-state index contributed by atoms with van der Waals surface area (Å²) in [5, 5.41) is 8.20. The van der Waals surface area contributed by atoms with Crippen LogP contribution in [0.4, 0.5) is 4.39 Å². The number of hydrogen-bond donors (Lipinski definition) is 0. The van der Waals surface area contributed by atoms with Gasteiger partial charge < -0.3 is 0 Å². The molecule has 0 saturated heterocycles. The van der Waals surface area contributed by atoms with Crippen LogP contribution in [0.25, 0.3) is 6.08 Å². The van der Waals surface area contributed by atoms with Crippen molar-refractivity contribution in [2.24, 2.45) is 0 Å². The Bertz CT molecular complexity index is 528. The standard InChI is InChI=1S/C14H16FN3/c1-3-5-13-10-18(17-16-13)14(4-2)11-6-8-12(15)9-7-11/h3,5-10,14H,4H2,1-2H3/b5-3+/t14-/m1/s1. The average molecular weight is 245 g/mol. The summed E-state index contributed by atoms with van der Waals surface area (Å²) in [4.78, 5) is 0. The van der Waals surface area contributed by atoms with Gasteiger partial charge in [0.15, 0.2) is 0 Å². The Morgan fingerprint density at radius 1 is 1.33 bits per heavy atom. The SMILES string of the molecule is C/C=C/c1cn([C@H](CC)c2ccc(F)cc2)nn1. The van der Waals surface area contributed by atoms with Crippen molar-refractivity contribution in [2.45, 2.75) is 26.3 Å². The highest BCUT2D eigenvalue weighted by Crippen LogP contribution is 2.21. The first-order chi connectivity index (χ1) is 8.74. The quantitative estimate of drug-likeness (QED) is 0.826. The van der Waals surface area contributed by atoms with Crippen LogP contribution in [0.15, 0.2) is 36.5 Å². The van der Waals surface area contributed by atoms with Gasteiger partial charge in [0.05, 0.1) is 12.2 Å². The van der Waals surface area contributed by atoms with Gasteiger partial charge in [0.25, 0.3) is 0 Å². The van der Waals surface area contributed by atoms with Gasteiger partial charge in [-0.15, -0.1) is 5.10 Å². The third-order valence-electron chi connectivity index (χ3n) is 2.83. The third kappa shape index (κ3) is 2.64. The second-order valence-corrected chi connectivity index (χ2v) is 4.10. The van der Waals surface area contributed by atoms with Crippen molar-refractivity contribution in [3.8, 4) is 0 Å². The molecule has 2 rings (SSSR count). The molecule has 94 valence electrons. The lowest BCUT2D eigenvalue weighted by molar-refractivity contribution is 0.492. The summed E-state index contributed by atoms with van der Waals surface area (Å²) in [7, 11) is 0. The highest BCUT2D eigenvalue weighted by Gasteiger charge is 2.13. The summed E-state index contributed by atoms with van der Waals surface area (Å²) in [6.07, 6.45) is 6.61. The lowest BCUT2D eigenvalue weighted by Gasteiger charge is -2.14. The number of halogens is 1. The van der Waals surface area contributed by atoms with Crippen molar-refractivity contribution in [2.75, 3.05) is 0 Å². The maximum Gasteiger partial charge on any atom is 0.123 e. The van der Waals surface area contributed by atoms with Gasteiger partial charge in [-0.1, -0.05) is 30.3 Å². The van der Waals surface area contributed by atoms with E-state index < -0.39 is 0 Å². The maximum absolute atomic E-state index is 12.9. The van der Waals surface area contributed by atoms with Gasteiger partial charge in [-0.05, 0) is 37.1 Å². The van der Waals surface area contributed by atoms with E-state index in [1.54, 1.807) is 12.1 Å². The Hall–Kier alpha value is -1.97. The molecule has 1 atom stereocenters. The molecule has 0 unspecified atom stereocenters. The molecule has 0 fully saturated rings. The summed E-state index contributed by atoms with van der Waals surface area (Å²) in [6, 6.07) is 6.63. The van der Waals surface area contributed by atoms with Crippen LogP contribution >= 0.6 is 0 Å². The Kier molecular flexibility index (Phi) is 3.87. The Balaban J connectivity index is 2.29. The molecule has 0 aliphatic heterocycles. The number of hydrogen-bond acceptors (Lipinski definition) is 2. The van der Waals surface area contributed by atoms with Crippen molar-refractivity contribution in [1.82, 2.24) is 15.0 Å². The molecule has 18 heavy (non-hydrogen) atoms. The molecule has 0 aliphatic rings. The molecule has 0 amide bonds. The van der Waals surface area contributed by atoms with Crippen LogP contribution in [0.5, 0.6) is 0 Å². The van der Waals surface area contributed by atoms with Crippen molar-refractivity contribution in [3.63, 3.8) is 0 Å². The zero-order valence-corrected chi connectivity index (χ0v) is 10.5. The second kappa shape index (κ2) is 5.58. The van der Waals surface area contributed by atoms with Gasteiger partial charge in [0.2, 0.25) is 0 Å². The summed E-state index contributed by atoms with van der Waals surface area (Å²) < 4.78 is 14.7. The first-order valence-corrected chi connectivity index (χ1v) is 6.04. The van der Waals surface area contributed by atoms with Crippen LogP contribution < -0.4 is 0 Å². The zero-order chi connectivity index (χ0) is 13.0. The summed E-state index contributed by atoms with van der Waals surface area (Å²) in [5.41, 5.74) is 1.87. The van der Waals surface area contributed by atoms with Gasteiger partial charge in [0.1, 0.15) is 11.5 Å². The number of benzene rings is 1. The fourth-order valence-corrected chi connectivity index (χ4v) is 1.95. The van der Waals surface area contributed by atoms with Gasteiger partial charge in [-0.3, -0.25) is 0 Å². The molecule has 0 aliphatic carbocycles. The molecule has 4 heteroatoms.